The molecule has 1 unspecified atom stereocenters. The van der Waals surface area contributed by atoms with E-state index in [-0.39, 0.29) is 17.7 Å². The molecule has 0 aliphatic carbocycles. The number of hydrogen-bond acceptors (Lipinski definition) is 1. The highest BCUT2D eigenvalue weighted by Gasteiger charge is 2.14. The molecule has 1 N–H and O–H groups in total. The van der Waals surface area contributed by atoms with E-state index in [9.17, 15) is 8.78 Å². The minimum atomic E-state index is -0.328. The van der Waals surface area contributed by atoms with Gasteiger partial charge in [0.2, 0.25) is 0 Å². The maximum Gasteiger partial charge on any atom is 0.137 e. The lowest BCUT2D eigenvalue weighted by Gasteiger charge is -2.18. The standard InChI is InChI=1S/C15H14BrF2N/c1-9-5-11(7-12(17)6-9)15(19-2)10-3-4-13(16)14(18)8-10/h3-8,15,19H,1-2H3. The lowest BCUT2D eigenvalue weighted by Crippen LogP contribution is -2.18. The van der Waals surface area contributed by atoms with Gasteiger partial charge in [-0.15, -0.1) is 0 Å². The Labute approximate surface area is 119 Å². The number of halogens is 3. The first kappa shape index (κ1) is 14.2. The van der Waals surface area contributed by atoms with Gasteiger partial charge in [-0.1, -0.05) is 12.1 Å². The van der Waals surface area contributed by atoms with Crippen molar-refractivity contribution in [3.05, 3.63) is 69.2 Å². The molecule has 0 bridgehead atoms. The van der Waals surface area contributed by atoms with E-state index in [0.717, 1.165) is 16.7 Å². The van der Waals surface area contributed by atoms with Gasteiger partial charge in [-0.05, 0) is 70.9 Å². The molecule has 0 aliphatic heterocycles. The van der Waals surface area contributed by atoms with Crippen molar-refractivity contribution in [2.24, 2.45) is 0 Å². The van der Waals surface area contributed by atoms with Crippen LogP contribution in [0.3, 0.4) is 0 Å². The molecule has 0 aliphatic rings. The van der Waals surface area contributed by atoms with E-state index >= 15 is 0 Å². The van der Waals surface area contributed by atoms with Gasteiger partial charge in [-0.3, -0.25) is 0 Å². The van der Waals surface area contributed by atoms with Gasteiger partial charge in [0.15, 0.2) is 0 Å². The van der Waals surface area contributed by atoms with Gasteiger partial charge in [0.25, 0.3) is 0 Å². The normalized spacial score (nSPS) is 12.5. The van der Waals surface area contributed by atoms with Crippen LogP contribution >= 0.6 is 15.9 Å². The van der Waals surface area contributed by atoms with Crippen LogP contribution in [-0.2, 0) is 0 Å². The summed E-state index contributed by atoms with van der Waals surface area (Å²) in [5.74, 6) is -0.612. The first-order valence-electron chi connectivity index (χ1n) is 5.90. The smallest absolute Gasteiger partial charge is 0.137 e. The van der Waals surface area contributed by atoms with Crippen LogP contribution in [-0.4, -0.2) is 7.05 Å². The molecule has 0 saturated carbocycles. The Morgan fingerprint density at radius 3 is 2.37 bits per heavy atom. The number of hydrogen-bond donors (Lipinski definition) is 1. The second-order valence-corrected chi connectivity index (χ2v) is 5.31. The van der Waals surface area contributed by atoms with Gasteiger partial charge in [-0.25, -0.2) is 8.78 Å². The summed E-state index contributed by atoms with van der Waals surface area (Å²) in [5, 5.41) is 3.09. The third kappa shape index (κ3) is 3.19. The van der Waals surface area contributed by atoms with Gasteiger partial charge in [0.05, 0.1) is 10.5 Å². The average Bonchev–Trinajstić information content (AvgIpc) is 2.33. The van der Waals surface area contributed by atoms with Crippen LogP contribution in [0.2, 0.25) is 0 Å². The zero-order valence-electron chi connectivity index (χ0n) is 10.7. The average molecular weight is 326 g/mol. The lowest BCUT2D eigenvalue weighted by atomic mass is 9.97. The van der Waals surface area contributed by atoms with Crippen LogP contribution in [0.15, 0.2) is 40.9 Å². The summed E-state index contributed by atoms with van der Waals surface area (Å²) in [6.45, 7) is 1.83. The van der Waals surface area contributed by atoms with Gasteiger partial charge < -0.3 is 5.32 Å². The highest BCUT2D eigenvalue weighted by molar-refractivity contribution is 9.10. The van der Waals surface area contributed by atoms with Crippen LogP contribution in [0, 0.1) is 18.6 Å². The van der Waals surface area contributed by atoms with Crippen molar-refractivity contribution in [1.29, 1.82) is 0 Å². The van der Waals surface area contributed by atoms with E-state index in [1.54, 1.807) is 13.1 Å². The van der Waals surface area contributed by atoms with Gasteiger partial charge in [0.1, 0.15) is 11.6 Å². The molecule has 2 aromatic carbocycles. The molecule has 0 aromatic heterocycles. The molecular weight excluding hydrogens is 312 g/mol. The zero-order valence-corrected chi connectivity index (χ0v) is 12.3. The zero-order chi connectivity index (χ0) is 14.0. The van der Waals surface area contributed by atoms with Crippen LogP contribution in [0.5, 0.6) is 0 Å². The topological polar surface area (TPSA) is 12.0 Å². The molecule has 4 heteroatoms. The van der Waals surface area contributed by atoms with Gasteiger partial charge in [-0.2, -0.15) is 0 Å². The fraction of sp³-hybridized carbons (Fsp3) is 0.200. The predicted octanol–water partition coefficient (Wildman–Crippen LogP) is 4.34. The molecule has 1 nitrogen and oxygen atoms in total. The van der Waals surface area contributed by atoms with Crippen molar-refractivity contribution in [2.45, 2.75) is 13.0 Å². The van der Waals surface area contributed by atoms with Crippen molar-refractivity contribution < 1.29 is 8.78 Å². The van der Waals surface area contributed by atoms with E-state index in [1.807, 2.05) is 19.1 Å². The molecule has 100 valence electrons. The molecule has 0 radical (unpaired) electrons. The Morgan fingerprint density at radius 1 is 1.05 bits per heavy atom. The van der Waals surface area contributed by atoms with E-state index in [1.165, 1.54) is 18.2 Å². The second kappa shape index (κ2) is 5.80. The molecule has 0 heterocycles. The number of benzene rings is 2. The minimum absolute atomic E-state index is 0.239. The largest absolute Gasteiger partial charge is 0.309 e. The summed E-state index contributed by atoms with van der Waals surface area (Å²) < 4.78 is 27.5. The van der Waals surface area contributed by atoms with Crippen LogP contribution in [0.25, 0.3) is 0 Å². The lowest BCUT2D eigenvalue weighted by molar-refractivity contribution is 0.604. The van der Waals surface area contributed by atoms with E-state index in [0.29, 0.717) is 4.47 Å². The summed E-state index contributed by atoms with van der Waals surface area (Å²) in [6.07, 6.45) is 0. The molecule has 1 atom stereocenters. The Bertz CT molecular complexity index is 578. The third-order valence-corrected chi connectivity index (χ3v) is 3.61. The molecule has 2 aromatic rings. The number of rotatable bonds is 3. The van der Waals surface area contributed by atoms with E-state index in [2.05, 4.69) is 21.2 Å². The van der Waals surface area contributed by atoms with Crippen molar-refractivity contribution in [3.63, 3.8) is 0 Å². The Hall–Kier alpha value is -1.26. The molecule has 2 rings (SSSR count). The number of nitrogens with one attached hydrogen (secondary N) is 1. The first-order valence-corrected chi connectivity index (χ1v) is 6.70. The monoisotopic (exact) mass is 325 g/mol. The first-order chi connectivity index (χ1) is 9.01. The van der Waals surface area contributed by atoms with Crippen LogP contribution < -0.4 is 5.32 Å². The highest BCUT2D eigenvalue weighted by Crippen LogP contribution is 2.26. The number of aryl methyl sites for hydroxylation is 1. The summed E-state index contributed by atoms with van der Waals surface area (Å²) in [6, 6.07) is 9.51. The summed E-state index contributed by atoms with van der Waals surface area (Å²) in [7, 11) is 1.77. The maximum atomic E-state index is 13.6. The molecule has 19 heavy (non-hydrogen) atoms. The summed E-state index contributed by atoms with van der Waals surface area (Å²) >= 11 is 3.12. The van der Waals surface area contributed by atoms with Crippen molar-refractivity contribution in [3.8, 4) is 0 Å². The van der Waals surface area contributed by atoms with Crippen LogP contribution in [0.1, 0.15) is 22.7 Å². The summed E-state index contributed by atoms with van der Waals surface area (Å²) in [4.78, 5) is 0. The fourth-order valence-electron chi connectivity index (χ4n) is 2.15. The van der Waals surface area contributed by atoms with Gasteiger partial charge >= 0.3 is 0 Å². The van der Waals surface area contributed by atoms with Crippen LogP contribution in [0.4, 0.5) is 8.78 Å². The molecule has 0 fully saturated rings. The highest BCUT2D eigenvalue weighted by atomic mass is 79.9. The predicted molar refractivity (Wildman–Crippen MR) is 76.1 cm³/mol. The summed E-state index contributed by atoms with van der Waals surface area (Å²) in [5.41, 5.74) is 2.38. The van der Waals surface area contributed by atoms with E-state index < -0.39 is 0 Å². The second-order valence-electron chi connectivity index (χ2n) is 4.46. The minimum Gasteiger partial charge on any atom is -0.309 e. The fourth-order valence-corrected chi connectivity index (χ4v) is 2.40. The van der Waals surface area contributed by atoms with Gasteiger partial charge in [0, 0.05) is 0 Å². The molecule has 0 spiro atoms. The Balaban J connectivity index is 2.46. The van der Waals surface area contributed by atoms with E-state index in [4.69, 9.17) is 0 Å². The maximum absolute atomic E-state index is 13.6. The third-order valence-electron chi connectivity index (χ3n) is 2.96. The molecule has 0 amide bonds. The molecular formula is C15H14BrF2N. The van der Waals surface area contributed by atoms with Crippen molar-refractivity contribution in [2.75, 3.05) is 7.05 Å². The Morgan fingerprint density at radius 2 is 1.79 bits per heavy atom. The SMILES string of the molecule is CNC(c1cc(C)cc(F)c1)c1ccc(Br)c(F)c1. The molecule has 0 saturated heterocycles. The Kier molecular flexibility index (Phi) is 4.32. The van der Waals surface area contributed by atoms with Crippen molar-refractivity contribution >= 4 is 15.9 Å². The van der Waals surface area contributed by atoms with Crippen molar-refractivity contribution in [1.82, 2.24) is 5.32 Å². The quantitative estimate of drug-likeness (QED) is 0.884.